The smallest absolute Gasteiger partial charge is 0.237 e. The lowest BCUT2D eigenvalue weighted by atomic mass is 10.1. The van der Waals surface area contributed by atoms with Gasteiger partial charge < -0.3 is 0 Å². The van der Waals surface area contributed by atoms with Crippen LogP contribution in [0.25, 0.3) is 5.82 Å². The molecule has 2 aromatic heterocycles. The van der Waals surface area contributed by atoms with Gasteiger partial charge in [-0.15, -0.1) is 0 Å². The SMILES string of the molecule is CC(C)CCN(CCC(C)C)S(=O)(=O)NCc1ccc(-n2cccn2)nc1. The molecule has 0 saturated carbocycles. The first-order valence-corrected chi connectivity index (χ1v) is 10.9. The first-order valence-electron chi connectivity index (χ1n) is 9.47. The summed E-state index contributed by atoms with van der Waals surface area (Å²) in [6.45, 7) is 9.71. The van der Waals surface area contributed by atoms with E-state index in [1.165, 1.54) is 0 Å². The van der Waals surface area contributed by atoms with Gasteiger partial charge in [-0.25, -0.2) is 9.67 Å². The first-order chi connectivity index (χ1) is 12.8. The second-order valence-corrected chi connectivity index (χ2v) is 9.32. The highest BCUT2D eigenvalue weighted by molar-refractivity contribution is 7.87. The molecule has 8 heteroatoms. The summed E-state index contributed by atoms with van der Waals surface area (Å²) in [4.78, 5) is 4.34. The van der Waals surface area contributed by atoms with Gasteiger partial charge in [0.1, 0.15) is 0 Å². The van der Waals surface area contributed by atoms with Crippen molar-refractivity contribution in [1.29, 1.82) is 0 Å². The van der Waals surface area contributed by atoms with Crippen LogP contribution in [0, 0.1) is 11.8 Å². The number of rotatable bonds is 11. The summed E-state index contributed by atoms with van der Waals surface area (Å²) in [6.07, 6.45) is 6.86. The third-order valence-corrected chi connectivity index (χ3v) is 5.81. The zero-order chi connectivity index (χ0) is 19.9. The molecule has 0 aliphatic carbocycles. The van der Waals surface area contributed by atoms with Crippen LogP contribution in [0.2, 0.25) is 0 Å². The standard InChI is InChI=1S/C19H31N5O2S/c1-16(2)8-12-23(13-9-17(3)4)27(25,26)22-15-18-6-7-19(20-14-18)24-11-5-10-21-24/h5-7,10-11,14,16-17,22H,8-9,12-13,15H2,1-4H3. The Labute approximate surface area is 163 Å². The largest absolute Gasteiger partial charge is 0.279 e. The Morgan fingerprint density at radius 3 is 2.26 bits per heavy atom. The highest BCUT2D eigenvalue weighted by Gasteiger charge is 2.21. The van der Waals surface area contributed by atoms with Crippen molar-refractivity contribution in [3.63, 3.8) is 0 Å². The van der Waals surface area contributed by atoms with E-state index in [1.54, 1.807) is 21.4 Å². The molecule has 0 aliphatic rings. The number of pyridine rings is 1. The van der Waals surface area contributed by atoms with Crippen molar-refractivity contribution in [3.05, 3.63) is 42.4 Å². The van der Waals surface area contributed by atoms with Gasteiger partial charge in [0.2, 0.25) is 0 Å². The minimum absolute atomic E-state index is 0.217. The highest BCUT2D eigenvalue weighted by Crippen LogP contribution is 2.11. The lowest BCUT2D eigenvalue weighted by Gasteiger charge is -2.24. The second kappa shape index (κ2) is 9.96. The molecular formula is C19H31N5O2S. The quantitative estimate of drug-likeness (QED) is 0.636. The molecule has 2 heterocycles. The van der Waals surface area contributed by atoms with Gasteiger partial charge in [0.25, 0.3) is 10.2 Å². The van der Waals surface area contributed by atoms with E-state index in [9.17, 15) is 8.42 Å². The zero-order valence-corrected chi connectivity index (χ0v) is 17.5. The number of nitrogens with one attached hydrogen (secondary N) is 1. The number of hydrogen-bond acceptors (Lipinski definition) is 4. The van der Waals surface area contributed by atoms with Crippen molar-refractivity contribution >= 4 is 10.2 Å². The fourth-order valence-corrected chi connectivity index (χ4v) is 3.71. The van der Waals surface area contributed by atoms with Crippen LogP contribution in [0.15, 0.2) is 36.8 Å². The Hall–Kier alpha value is -1.77. The summed E-state index contributed by atoms with van der Waals surface area (Å²) >= 11 is 0. The van der Waals surface area contributed by atoms with Crippen LogP contribution in [0.5, 0.6) is 0 Å². The molecule has 0 spiro atoms. The van der Waals surface area contributed by atoms with E-state index in [2.05, 4.69) is 42.5 Å². The predicted molar refractivity (Wildman–Crippen MR) is 108 cm³/mol. The molecule has 0 saturated heterocycles. The van der Waals surface area contributed by atoms with E-state index >= 15 is 0 Å². The van der Waals surface area contributed by atoms with Crippen LogP contribution >= 0.6 is 0 Å². The van der Waals surface area contributed by atoms with Gasteiger partial charge in [-0.2, -0.15) is 22.5 Å². The maximum atomic E-state index is 12.8. The van der Waals surface area contributed by atoms with Crippen LogP contribution in [0.4, 0.5) is 0 Å². The van der Waals surface area contributed by atoms with Gasteiger partial charge in [0, 0.05) is 38.2 Å². The third-order valence-electron chi connectivity index (χ3n) is 4.26. The Kier molecular flexibility index (Phi) is 7.94. The molecule has 1 N–H and O–H groups in total. The lowest BCUT2D eigenvalue weighted by Crippen LogP contribution is -2.42. The summed E-state index contributed by atoms with van der Waals surface area (Å²) in [5.74, 6) is 1.61. The van der Waals surface area contributed by atoms with Gasteiger partial charge in [-0.1, -0.05) is 33.8 Å². The summed E-state index contributed by atoms with van der Waals surface area (Å²) in [5, 5.41) is 4.13. The number of hydrogen-bond donors (Lipinski definition) is 1. The molecule has 0 bridgehead atoms. The van der Waals surface area contributed by atoms with Gasteiger partial charge >= 0.3 is 0 Å². The maximum Gasteiger partial charge on any atom is 0.279 e. The Balaban J connectivity index is 1.99. The predicted octanol–water partition coefficient (Wildman–Crippen LogP) is 3.00. The summed E-state index contributed by atoms with van der Waals surface area (Å²) in [6, 6.07) is 5.51. The van der Waals surface area contributed by atoms with Crippen molar-refractivity contribution in [1.82, 2.24) is 23.8 Å². The molecule has 0 aromatic carbocycles. The average Bonchev–Trinajstić information content (AvgIpc) is 3.14. The van der Waals surface area contributed by atoms with Crippen LogP contribution in [-0.2, 0) is 16.8 Å². The van der Waals surface area contributed by atoms with E-state index < -0.39 is 10.2 Å². The molecule has 0 radical (unpaired) electrons. The lowest BCUT2D eigenvalue weighted by molar-refractivity contribution is 0.352. The molecule has 0 fully saturated rings. The van der Waals surface area contributed by atoms with E-state index in [-0.39, 0.29) is 6.54 Å². The molecule has 0 unspecified atom stereocenters. The van der Waals surface area contributed by atoms with Crippen molar-refractivity contribution in [2.75, 3.05) is 13.1 Å². The third kappa shape index (κ3) is 7.04. The number of nitrogens with zero attached hydrogens (tertiary/aromatic N) is 4. The average molecular weight is 394 g/mol. The minimum Gasteiger partial charge on any atom is -0.237 e. The molecule has 0 amide bonds. The fourth-order valence-electron chi connectivity index (χ4n) is 2.48. The summed E-state index contributed by atoms with van der Waals surface area (Å²) in [7, 11) is -3.53. The summed E-state index contributed by atoms with van der Waals surface area (Å²) < 4.78 is 31.5. The zero-order valence-electron chi connectivity index (χ0n) is 16.7. The van der Waals surface area contributed by atoms with Gasteiger partial charge in [-0.3, -0.25) is 0 Å². The molecule has 7 nitrogen and oxygen atoms in total. The van der Waals surface area contributed by atoms with Crippen molar-refractivity contribution in [3.8, 4) is 5.82 Å². The first kappa shape index (κ1) is 21.5. The van der Waals surface area contributed by atoms with Gasteiger partial charge in [-0.05, 0) is 42.4 Å². The second-order valence-electron chi connectivity index (χ2n) is 7.57. The molecule has 0 atom stereocenters. The molecule has 0 aliphatic heterocycles. The van der Waals surface area contributed by atoms with Crippen molar-refractivity contribution in [2.24, 2.45) is 11.8 Å². The van der Waals surface area contributed by atoms with Gasteiger partial charge in [0.15, 0.2) is 5.82 Å². The maximum absolute atomic E-state index is 12.8. The van der Waals surface area contributed by atoms with Gasteiger partial charge in [0.05, 0.1) is 0 Å². The van der Waals surface area contributed by atoms with E-state index in [0.717, 1.165) is 18.4 Å². The van der Waals surface area contributed by atoms with E-state index in [0.29, 0.717) is 30.7 Å². The molecule has 2 aromatic rings. The normalized spacial score (nSPS) is 12.4. The molecule has 2 rings (SSSR count). The Morgan fingerprint density at radius 1 is 1.11 bits per heavy atom. The summed E-state index contributed by atoms with van der Waals surface area (Å²) in [5.41, 5.74) is 0.808. The molecular weight excluding hydrogens is 362 g/mol. The van der Waals surface area contributed by atoms with E-state index in [1.807, 2.05) is 24.4 Å². The number of aromatic nitrogens is 3. The minimum atomic E-state index is -3.53. The highest BCUT2D eigenvalue weighted by atomic mass is 32.2. The monoisotopic (exact) mass is 393 g/mol. The van der Waals surface area contributed by atoms with E-state index in [4.69, 9.17) is 0 Å². The van der Waals surface area contributed by atoms with Crippen LogP contribution < -0.4 is 4.72 Å². The topological polar surface area (TPSA) is 80.1 Å². The Bertz CT molecular complexity index is 759. The van der Waals surface area contributed by atoms with Crippen LogP contribution in [0.3, 0.4) is 0 Å². The van der Waals surface area contributed by atoms with Crippen LogP contribution in [-0.4, -0.2) is 40.6 Å². The molecule has 27 heavy (non-hydrogen) atoms. The Morgan fingerprint density at radius 2 is 1.78 bits per heavy atom. The van der Waals surface area contributed by atoms with Crippen molar-refractivity contribution < 1.29 is 8.42 Å². The molecule has 150 valence electrons. The fraction of sp³-hybridized carbons (Fsp3) is 0.579. The van der Waals surface area contributed by atoms with Crippen molar-refractivity contribution in [2.45, 2.75) is 47.1 Å². The van der Waals surface area contributed by atoms with Crippen LogP contribution in [0.1, 0.15) is 46.1 Å².